The second-order valence-electron chi connectivity index (χ2n) is 7.28. The summed E-state index contributed by atoms with van der Waals surface area (Å²) in [7, 11) is -1.51. The first-order valence-corrected chi connectivity index (χ1v) is 13.1. The van der Waals surface area contributed by atoms with Gasteiger partial charge in [-0.05, 0) is 36.5 Å². The Morgan fingerprint density at radius 3 is 2.29 bits per heavy atom. The van der Waals surface area contributed by atoms with Gasteiger partial charge in [-0.3, -0.25) is 0 Å². The van der Waals surface area contributed by atoms with E-state index in [1.54, 1.807) is 5.20 Å². The summed E-state index contributed by atoms with van der Waals surface area (Å²) in [6.07, 6.45) is 9.43. The first kappa shape index (κ1) is 20.1. The van der Waals surface area contributed by atoms with Crippen molar-refractivity contribution < 1.29 is 0 Å². The Balaban J connectivity index is 2.42. The molecule has 0 aromatic heterocycles. The molecule has 1 aliphatic rings. The van der Waals surface area contributed by atoms with Crippen LogP contribution in [-0.4, -0.2) is 8.07 Å². The predicted molar refractivity (Wildman–Crippen MR) is 112 cm³/mol. The number of hydrogen-bond donors (Lipinski definition) is 0. The van der Waals surface area contributed by atoms with Gasteiger partial charge >= 0.3 is 0 Å². The topological polar surface area (TPSA) is 0 Å². The predicted octanol–water partition coefficient (Wildman–Crippen LogP) is 8.17. The third-order valence-electron chi connectivity index (χ3n) is 6.12. The van der Waals surface area contributed by atoms with Crippen LogP contribution in [0.3, 0.4) is 0 Å². The molecule has 1 aliphatic carbocycles. The lowest BCUT2D eigenvalue weighted by Gasteiger charge is -2.36. The van der Waals surface area contributed by atoms with E-state index in [4.69, 9.17) is 23.2 Å². The highest BCUT2D eigenvalue weighted by Gasteiger charge is 2.36. The van der Waals surface area contributed by atoms with E-state index in [-0.39, 0.29) is 5.38 Å². The zero-order chi connectivity index (χ0) is 17.6. The molecule has 0 nitrogen and oxygen atoms in total. The van der Waals surface area contributed by atoms with Crippen LogP contribution in [-0.2, 0) is 0 Å². The van der Waals surface area contributed by atoms with Gasteiger partial charge in [0.2, 0.25) is 0 Å². The number of rotatable bonds is 7. The van der Waals surface area contributed by atoms with E-state index in [1.807, 2.05) is 18.2 Å². The second-order valence-corrected chi connectivity index (χ2v) is 13.4. The molecular weight excluding hydrogens is 351 g/mol. The molecule has 1 aromatic rings. The summed E-state index contributed by atoms with van der Waals surface area (Å²) in [5.41, 5.74) is 1.17. The third-order valence-corrected chi connectivity index (χ3v) is 12.8. The standard InChI is InChI=1S/C21H32Cl2Si/c1-4-24(5-2,6-3)20(15-17-11-8-7-9-12-17)21(23)18-13-10-14-19(22)16-18/h10,13-17,21H,4-9,11-12H2,1-3H3/b20-15-. The molecule has 0 heterocycles. The van der Waals surface area contributed by atoms with Gasteiger partial charge in [0.25, 0.3) is 0 Å². The van der Waals surface area contributed by atoms with Crippen molar-refractivity contribution in [2.45, 2.75) is 76.4 Å². The summed E-state index contributed by atoms with van der Waals surface area (Å²) in [6, 6.07) is 12.0. The number of alkyl halides is 1. The Bertz CT molecular complexity index is 534. The van der Waals surface area contributed by atoms with Gasteiger partial charge in [0.05, 0.1) is 13.5 Å². The fraction of sp³-hybridized carbons (Fsp3) is 0.619. The molecular formula is C21H32Cl2Si. The Morgan fingerprint density at radius 1 is 1.12 bits per heavy atom. The van der Waals surface area contributed by atoms with Crippen LogP contribution in [0.15, 0.2) is 35.5 Å². The lowest BCUT2D eigenvalue weighted by atomic mass is 9.88. The van der Waals surface area contributed by atoms with Crippen LogP contribution >= 0.6 is 23.2 Å². The molecule has 3 heteroatoms. The van der Waals surface area contributed by atoms with Crippen molar-refractivity contribution in [1.82, 2.24) is 0 Å². The summed E-state index contributed by atoms with van der Waals surface area (Å²) in [5, 5.41) is 2.34. The summed E-state index contributed by atoms with van der Waals surface area (Å²) >= 11 is 13.3. The Morgan fingerprint density at radius 2 is 1.75 bits per heavy atom. The number of allylic oxidation sites excluding steroid dienone is 2. The fourth-order valence-electron chi connectivity index (χ4n) is 4.29. The zero-order valence-electron chi connectivity index (χ0n) is 15.5. The minimum Gasteiger partial charge on any atom is -0.113 e. The van der Waals surface area contributed by atoms with Gasteiger partial charge < -0.3 is 0 Å². The van der Waals surface area contributed by atoms with Crippen molar-refractivity contribution in [3.05, 3.63) is 46.1 Å². The smallest absolute Gasteiger partial charge is 0.0827 e. The van der Waals surface area contributed by atoms with E-state index < -0.39 is 8.07 Å². The number of halogens is 2. The van der Waals surface area contributed by atoms with E-state index >= 15 is 0 Å². The fourth-order valence-corrected chi connectivity index (χ4v) is 9.41. The molecule has 0 aliphatic heterocycles. The van der Waals surface area contributed by atoms with Crippen LogP contribution in [0, 0.1) is 5.92 Å². The molecule has 1 saturated carbocycles. The highest BCUT2D eigenvalue weighted by atomic mass is 35.5. The molecule has 2 rings (SSSR count). The SMILES string of the molecule is CC[Si](CC)(CC)/C(=C\C1CCCCC1)C(Cl)c1cccc(Cl)c1. The van der Waals surface area contributed by atoms with Crippen molar-refractivity contribution in [3.8, 4) is 0 Å². The largest absolute Gasteiger partial charge is 0.113 e. The van der Waals surface area contributed by atoms with Gasteiger partial charge in [0.15, 0.2) is 0 Å². The Kier molecular flexibility index (Phi) is 7.91. The van der Waals surface area contributed by atoms with Crippen LogP contribution < -0.4 is 0 Å². The third kappa shape index (κ3) is 4.68. The molecule has 1 unspecified atom stereocenters. The average Bonchev–Trinajstić information content (AvgIpc) is 2.63. The van der Waals surface area contributed by atoms with Gasteiger partial charge in [-0.15, -0.1) is 11.6 Å². The summed E-state index contributed by atoms with van der Waals surface area (Å²) in [6.45, 7) is 7.11. The Labute approximate surface area is 159 Å². The van der Waals surface area contributed by atoms with Crippen molar-refractivity contribution in [1.29, 1.82) is 0 Å². The molecule has 0 amide bonds. The van der Waals surface area contributed by atoms with E-state index in [9.17, 15) is 0 Å². The van der Waals surface area contributed by atoms with Crippen molar-refractivity contribution in [3.63, 3.8) is 0 Å². The maximum Gasteiger partial charge on any atom is 0.0827 e. The number of benzene rings is 1. The first-order chi connectivity index (χ1) is 11.6. The van der Waals surface area contributed by atoms with Gasteiger partial charge in [-0.2, -0.15) is 0 Å². The molecule has 24 heavy (non-hydrogen) atoms. The zero-order valence-corrected chi connectivity index (χ0v) is 18.0. The molecule has 1 aromatic carbocycles. The van der Waals surface area contributed by atoms with E-state index in [0.29, 0.717) is 0 Å². The minimum absolute atomic E-state index is 0.0165. The Hall–Kier alpha value is -0.243. The minimum atomic E-state index is -1.51. The highest BCUT2D eigenvalue weighted by Crippen LogP contribution is 2.42. The molecule has 0 saturated heterocycles. The molecule has 134 valence electrons. The monoisotopic (exact) mass is 382 g/mol. The van der Waals surface area contributed by atoms with E-state index in [1.165, 1.54) is 55.8 Å². The van der Waals surface area contributed by atoms with Crippen LogP contribution in [0.25, 0.3) is 0 Å². The lowest BCUT2D eigenvalue weighted by molar-refractivity contribution is 0.418. The maximum absolute atomic E-state index is 7.09. The first-order valence-electron chi connectivity index (χ1n) is 9.68. The molecule has 0 bridgehead atoms. The molecule has 0 radical (unpaired) electrons. The average molecular weight is 383 g/mol. The normalized spacial score (nSPS) is 18.6. The van der Waals surface area contributed by atoms with Gasteiger partial charge in [-0.25, -0.2) is 0 Å². The quantitative estimate of drug-likeness (QED) is 0.329. The van der Waals surface area contributed by atoms with Gasteiger partial charge in [-0.1, -0.05) is 93.2 Å². The van der Waals surface area contributed by atoms with Crippen molar-refractivity contribution in [2.75, 3.05) is 0 Å². The summed E-state index contributed by atoms with van der Waals surface area (Å²) < 4.78 is 0. The van der Waals surface area contributed by atoms with Crippen LogP contribution in [0.4, 0.5) is 0 Å². The van der Waals surface area contributed by atoms with Crippen LogP contribution in [0.1, 0.15) is 63.8 Å². The maximum atomic E-state index is 7.09. The van der Waals surface area contributed by atoms with Crippen LogP contribution in [0.5, 0.6) is 0 Å². The molecule has 0 spiro atoms. The van der Waals surface area contributed by atoms with Crippen molar-refractivity contribution in [2.24, 2.45) is 5.92 Å². The highest BCUT2D eigenvalue weighted by molar-refractivity contribution is 6.87. The van der Waals surface area contributed by atoms with Crippen LogP contribution in [0.2, 0.25) is 23.2 Å². The summed E-state index contributed by atoms with van der Waals surface area (Å²) in [4.78, 5) is 0. The molecule has 1 fully saturated rings. The van der Waals surface area contributed by atoms with Gasteiger partial charge in [0, 0.05) is 5.02 Å². The number of hydrogen-bond acceptors (Lipinski definition) is 0. The lowest BCUT2D eigenvalue weighted by Crippen LogP contribution is -2.37. The van der Waals surface area contributed by atoms with E-state index in [0.717, 1.165) is 10.9 Å². The van der Waals surface area contributed by atoms with Gasteiger partial charge in [0.1, 0.15) is 0 Å². The molecule has 0 N–H and O–H groups in total. The van der Waals surface area contributed by atoms with E-state index in [2.05, 4.69) is 32.9 Å². The second kappa shape index (κ2) is 9.45. The molecule has 1 atom stereocenters. The summed E-state index contributed by atoms with van der Waals surface area (Å²) in [5.74, 6) is 0.728. The van der Waals surface area contributed by atoms with Crippen molar-refractivity contribution >= 4 is 31.3 Å².